The van der Waals surface area contributed by atoms with Crippen LogP contribution >= 0.6 is 11.6 Å². The van der Waals surface area contributed by atoms with E-state index >= 15 is 0 Å². The summed E-state index contributed by atoms with van der Waals surface area (Å²) in [6.45, 7) is 2.41. The molecule has 3 rings (SSSR count). The molecule has 0 unspecified atom stereocenters. The second-order valence-corrected chi connectivity index (χ2v) is 11.1. The minimum absolute atomic E-state index is 0.00417. The molecular formula is C25H29ClFN3O4S. The lowest BCUT2D eigenvalue weighted by molar-refractivity contribution is -0.135. The lowest BCUT2D eigenvalue weighted by atomic mass is 9.75. The van der Waals surface area contributed by atoms with Crippen molar-refractivity contribution in [3.05, 3.63) is 64.4 Å². The maximum absolute atomic E-state index is 13.2. The molecule has 1 fully saturated rings. The Balaban J connectivity index is 1.57. The lowest BCUT2D eigenvalue weighted by Gasteiger charge is -2.37. The zero-order valence-corrected chi connectivity index (χ0v) is 21.2. The summed E-state index contributed by atoms with van der Waals surface area (Å²) in [7, 11) is -3.42. The van der Waals surface area contributed by atoms with Gasteiger partial charge in [0.2, 0.25) is 10.0 Å². The number of carbonyl (C=O) groups is 1. The molecule has 0 saturated carbocycles. The van der Waals surface area contributed by atoms with E-state index < -0.39 is 15.4 Å². The van der Waals surface area contributed by atoms with Crippen molar-refractivity contribution in [1.29, 1.82) is 5.26 Å². The van der Waals surface area contributed by atoms with E-state index in [4.69, 9.17) is 16.3 Å². The first kappa shape index (κ1) is 26.9. The van der Waals surface area contributed by atoms with Crippen LogP contribution in [0.25, 0.3) is 0 Å². The number of piperidine rings is 1. The number of nitrogens with one attached hydrogen (secondary N) is 1. The number of rotatable bonds is 10. The molecule has 1 amide bonds. The number of halogens is 2. The summed E-state index contributed by atoms with van der Waals surface area (Å²) in [5.74, 6) is -0.141. The van der Waals surface area contributed by atoms with E-state index in [2.05, 4.69) is 10.8 Å². The summed E-state index contributed by atoms with van der Waals surface area (Å²) in [6, 6.07) is 13.4. The molecule has 1 N–H and O–H groups in total. The van der Waals surface area contributed by atoms with E-state index in [1.54, 1.807) is 42.2 Å². The Kier molecular flexibility index (Phi) is 9.11. The first-order valence-corrected chi connectivity index (χ1v) is 13.5. The van der Waals surface area contributed by atoms with Gasteiger partial charge in [0.25, 0.3) is 5.91 Å². The molecule has 1 saturated heterocycles. The molecule has 0 aromatic heterocycles. The van der Waals surface area contributed by atoms with E-state index in [9.17, 15) is 22.9 Å². The zero-order chi connectivity index (χ0) is 25.5. The van der Waals surface area contributed by atoms with Gasteiger partial charge < -0.3 is 9.64 Å². The summed E-state index contributed by atoms with van der Waals surface area (Å²) in [6.07, 6.45) is 2.02. The number of nitrogens with zero attached hydrogens (tertiary/aromatic N) is 2. The van der Waals surface area contributed by atoms with Gasteiger partial charge in [0.05, 0.1) is 17.2 Å². The maximum atomic E-state index is 13.2. The number of carbonyl (C=O) groups excluding carboxylic acids is 1. The van der Waals surface area contributed by atoms with Gasteiger partial charge in [-0.05, 0) is 61.6 Å². The third-order valence-corrected chi connectivity index (χ3v) is 7.86. The molecule has 0 spiro atoms. The fraction of sp³-hybridized carbons (Fsp3) is 0.440. The number of sulfonamides is 1. The van der Waals surface area contributed by atoms with E-state index in [-0.39, 0.29) is 30.6 Å². The standard InChI is InChI=1S/C25H29ClFN3O4S/c1-2-13-35(32,33)29-16-20-14-21(26)5-8-23(20)34-17-24(31)30-11-9-25(18-28,10-12-30)15-19-3-6-22(27)7-4-19/h3-8,14,29H,2,9-13,15-17H2,1H3. The van der Waals surface area contributed by atoms with Crippen LogP contribution in [-0.4, -0.2) is 44.7 Å². The molecule has 7 nitrogen and oxygen atoms in total. The van der Waals surface area contributed by atoms with Gasteiger partial charge in [-0.15, -0.1) is 0 Å². The van der Waals surface area contributed by atoms with Crippen molar-refractivity contribution in [2.45, 2.75) is 39.2 Å². The fourth-order valence-corrected chi connectivity index (χ4v) is 5.34. The van der Waals surface area contributed by atoms with Crippen molar-refractivity contribution in [3.63, 3.8) is 0 Å². The van der Waals surface area contributed by atoms with Crippen molar-refractivity contribution in [3.8, 4) is 11.8 Å². The molecule has 2 aromatic rings. The Morgan fingerprint density at radius 1 is 1.23 bits per heavy atom. The van der Waals surface area contributed by atoms with Crippen LogP contribution in [0.3, 0.4) is 0 Å². The zero-order valence-electron chi connectivity index (χ0n) is 19.6. The summed E-state index contributed by atoms with van der Waals surface area (Å²) in [5.41, 5.74) is 0.821. The van der Waals surface area contributed by atoms with Crippen LogP contribution in [0.15, 0.2) is 42.5 Å². The van der Waals surface area contributed by atoms with E-state index in [0.29, 0.717) is 55.1 Å². The minimum Gasteiger partial charge on any atom is -0.483 e. The topological polar surface area (TPSA) is 99.5 Å². The van der Waals surface area contributed by atoms with E-state index in [1.165, 1.54) is 12.1 Å². The minimum atomic E-state index is -3.42. The second-order valence-electron chi connectivity index (χ2n) is 8.76. The summed E-state index contributed by atoms with van der Waals surface area (Å²) in [5, 5.41) is 10.2. The van der Waals surface area contributed by atoms with Gasteiger partial charge >= 0.3 is 0 Å². The average molecular weight is 522 g/mol. The van der Waals surface area contributed by atoms with Gasteiger partial charge in [0.15, 0.2) is 6.61 Å². The van der Waals surface area contributed by atoms with E-state index in [0.717, 1.165) is 5.56 Å². The number of benzene rings is 2. The Hall–Kier alpha value is -2.67. The van der Waals surface area contributed by atoms with Crippen LogP contribution in [-0.2, 0) is 27.8 Å². The number of likely N-dealkylation sites (tertiary alicyclic amines) is 1. The molecule has 1 aliphatic heterocycles. The quantitative estimate of drug-likeness (QED) is 0.508. The van der Waals surface area contributed by atoms with Crippen molar-refractivity contribution in [1.82, 2.24) is 9.62 Å². The highest BCUT2D eigenvalue weighted by Crippen LogP contribution is 2.34. The Morgan fingerprint density at radius 3 is 2.54 bits per heavy atom. The number of amides is 1. The molecule has 0 aliphatic carbocycles. The van der Waals surface area contributed by atoms with Crippen molar-refractivity contribution >= 4 is 27.5 Å². The Morgan fingerprint density at radius 2 is 1.91 bits per heavy atom. The number of ether oxygens (including phenoxy) is 1. The first-order valence-electron chi connectivity index (χ1n) is 11.5. The number of hydrogen-bond acceptors (Lipinski definition) is 5. The predicted octanol–water partition coefficient (Wildman–Crippen LogP) is 4.06. The van der Waals surface area contributed by atoms with Gasteiger partial charge in [-0.25, -0.2) is 17.5 Å². The molecule has 10 heteroatoms. The monoisotopic (exact) mass is 521 g/mol. The van der Waals surface area contributed by atoms with E-state index in [1.807, 2.05) is 0 Å². The smallest absolute Gasteiger partial charge is 0.260 e. The molecular weight excluding hydrogens is 493 g/mol. The lowest BCUT2D eigenvalue weighted by Crippen LogP contribution is -2.45. The average Bonchev–Trinajstić information content (AvgIpc) is 2.84. The van der Waals surface area contributed by atoms with Crippen LogP contribution in [0, 0.1) is 22.6 Å². The number of nitriles is 1. The highest BCUT2D eigenvalue weighted by molar-refractivity contribution is 7.89. The van der Waals surface area contributed by atoms with Crippen LogP contribution in [0.4, 0.5) is 4.39 Å². The molecule has 0 atom stereocenters. The normalized spacial score (nSPS) is 15.4. The Bertz CT molecular complexity index is 1170. The van der Waals surface area contributed by atoms with Gasteiger partial charge in [-0.2, -0.15) is 5.26 Å². The molecule has 2 aromatic carbocycles. The van der Waals surface area contributed by atoms with Crippen LogP contribution in [0.2, 0.25) is 5.02 Å². The van der Waals surface area contributed by atoms with Crippen LogP contribution in [0.5, 0.6) is 5.75 Å². The highest BCUT2D eigenvalue weighted by atomic mass is 35.5. The SMILES string of the molecule is CCCS(=O)(=O)NCc1cc(Cl)ccc1OCC(=O)N1CCC(C#N)(Cc2ccc(F)cc2)CC1. The molecule has 1 heterocycles. The maximum Gasteiger partial charge on any atom is 0.260 e. The molecule has 0 radical (unpaired) electrons. The molecule has 188 valence electrons. The summed E-state index contributed by atoms with van der Waals surface area (Å²) < 4.78 is 45.4. The second kappa shape index (κ2) is 11.8. The van der Waals surface area contributed by atoms with Gasteiger partial charge in [0, 0.05) is 30.2 Å². The van der Waals surface area contributed by atoms with Crippen molar-refractivity contribution in [2.24, 2.45) is 5.41 Å². The fourth-order valence-electron chi connectivity index (χ4n) is 4.09. The third-order valence-electron chi connectivity index (χ3n) is 6.10. The molecule has 0 bridgehead atoms. The number of hydrogen-bond donors (Lipinski definition) is 1. The molecule has 1 aliphatic rings. The van der Waals surface area contributed by atoms with Gasteiger partial charge in [-0.1, -0.05) is 30.7 Å². The summed E-state index contributed by atoms with van der Waals surface area (Å²) >= 11 is 6.07. The van der Waals surface area contributed by atoms with Gasteiger partial charge in [0.1, 0.15) is 11.6 Å². The third kappa shape index (κ3) is 7.66. The van der Waals surface area contributed by atoms with Crippen LogP contribution < -0.4 is 9.46 Å². The van der Waals surface area contributed by atoms with Gasteiger partial charge in [-0.3, -0.25) is 4.79 Å². The Labute approximate surface area is 210 Å². The van der Waals surface area contributed by atoms with Crippen LogP contribution in [0.1, 0.15) is 37.3 Å². The molecule has 35 heavy (non-hydrogen) atoms. The first-order chi connectivity index (χ1) is 16.6. The predicted molar refractivity (Wildman–Crippen MR) is 132 cm³/mol. The largest absolute Gasteiger partial charge is 0.483 e. The summed E-state index contributed by atoms with van der Waals surface area (Å²) in [4.78, 5) is 14.5. The highest BCUT2D eigenvalue weighted by Gasteiger charge is 2.36. The van der Waals surface area contributed by atoms with Crippen molar-refractivity contribution < 1.29 is 22.3 Å². The van der Waals surface area contributed by atoms with Crippen molar-refractivity contribution in [2.75, 3.05) is 25.4 Å².